The van der Waals surface area contributed by atoms with Gasteiger partial charge < -0.3 is 24.4 Å². The van der Waals surface area contributed by atoms with Crippen LogP contribution in [0.25, 0.3) is 0 Å². The molecule has 0 aliphatic carbocycles. The molecule has 6 nitrogen and oxygen atoms in total. The zero-order valence-corrected chi connectivity index (χ0v) is 21.2. The van der Waals surface area contributed by atoms with Crippen LogP contribution in [0.5, 0.6) is 0 Å². The highest BCUT2D eigenvalue weighted by molar-refractivity contribution is 5.91. The van der Waals surface area contributed by atoms with Gasteiger partial charge in [-0.1, -0.05) is 51.5 Å². The molecule has 188 valence electrons. The zero-order valence-electron chi connectivity index (χ0n) is 21.2. The number of hydrogen-bond acceptors (Lipinski definition) is 5. The molecule has 6 heteroatoms. The van der Waals surface area contributed by atoms with Crippen LogP contribution in [0.15, 0.2) is 36.1 Å². The molecule has 0 spiro atoms. The SMILES string of the molecule is CC(C)(C)[C@@H]1C=C(C(=O)N2CCC(N3CCCCC3)CC2)O[C@H](OCc2ccc(CO)cc2)C1. The minimum absolute atomic E-state index is 0.00643. The third kappa shape index (κ3) is 6.41. The summed E-state index contributed by atoms with van der Waals surface area (Å²) in [5, 5.41) is 9.24. The quantitative estimate of drug-likeness (QED) is 0.665. The number of rotatable bonds is 6. The molecule has 1 N–H and O–H groups in total. The largest absolute Gasteiger partial charge is 0.459 e. The van der Waals surface area contributed by atoms with Crippen molar-refractivity contribution in [2.45, 2.75) is 84.8 Å². The van der Waals surface area contributed by atoms with E-state index in [1.807, 2.05) is 35.2 Å². The van der Waals surface area contributed by atoms with Crippen molar-refractivity contribution in [2.24, 2.45) is 11.3 Å². The normalized spacial score (nSPS) is 25.1. The molecular formula is C28H42N2O4. The fourth-order valence-electron chi connectivity index (χ4n) is 5.32. The van der Waals surface area contributed by atoms with Gasteiger partial charge in [0.15, 0.2) is 5.76 Å². The molecule has 3 aliphatic heterocycles. The van der Waals surface area contributed by atoms with Crippen molar-refractivity contribution in [3.63, 3.8) is 0 Å². The van der Waals surface area contributed by atoms with Crippen molar-refractivity contribution < 1.29 is 19.4 Å². The number of piperidine rings is 2. The Bertz CT molecular complexity index is 831. The lowest BCUT2D eigenvalue weighted by atomic mass is 9.77. The van der Waals surface area contributed by atoms with Crippen LogP contribution in [0, 0.1) is 11.3 Å². The van der Waals surface area contributed by atoms with Gasteiger partial charge in [0, 0.05) is 25.6 Å². The van der Waals surface area contributed by atoms with Gasteiger partial charge in [0.1, 0.15) is 0 Å². The Labute approximate surface area is 204 Å². The summed E-state index contributed by atoms with van der Waals surface area (Å²) in [4.78, 5) is 18.0. The molecule has 0 bridgehead atoms. The van der Waals surface area contributed by atoms with Gasteiger partial charge in [0.05, 0.1) is 13.2 Å². The molecule has 34 heavy (non-hydrogen) atoms. The second-order valence-corrected chi connectivity index (χ2v) is 11.2. The number of ether oxygens (including phenoxy) is 2. The topological polar surface area (TPSA) is 62.2 Å². The molecule has 0 unspecified atom stereocenters. The van der Waals surface area contributed by atoms with Crippen LogP contribution < -0.4 is 0 Å². The van der Waals surface area contributed by atoms with Crippen molar-refractivity contribution in [3.05, 3.63) is 47.2 Å². The first-order valence-electron chi connectivity index (χ1n) is 13.1. The molecule has 2 atom stereocenters. The summed E-state index contributed by atoms with van der Waals surface area (Å²) in [6, 6.07) is 8.34. The van der Waals surface area contributed by atoms with E-state index < -0.39 is 6.29 Å². The number of benzene rings is 1. The number of allylic oxidation sites excluding steroid dienone is 1. The lowest BCUT2D eigenvalue weighted by Crippen LogP contribution is -2.49. The standard InChI is InChI=1S/C28H42N2O4/c1-28(2,3)23-17-25(34-26(18-23)33-20-22-9-7-21(19-31)8-10-22)27(32)30-15-11-24(12-16-30)29-13-5-4-6-14-29/h7-10,17,23-24,26,31H,4-6,11-16,18-20H2,1-3H3/t23-,26+/m1/s1. The van der Waals surface area contributed by atoms with Gasteiger partial charge in [-0.3, -0.25) is 4.79 Å². The number of carbonyl (C=O) groups excluding carboxylic acids is 1. The van der Waals surface area contributed by atoms with Gasteiger partial charge >= 0.3 is 0 Å². The Kier molecular flexibility index (Phi) is 8.33. The van der Waals surface area contributed by atoms with E-state index >= 15 is 0 Å². The maximum absolute atomic E-state index is 13.4. The summed E-state index contributed by atoms with van der Waals surface area (Å²) in [7, 11) is 0. The molecule has 4 rings (SSSR count). The van der Waals surface area contributed by atoms with Crippen LogP contribution >= 0.6 is 0 Å². The minimum Gasteiger partial charge on any atom is -0.459 e. The zero-order chi connectivity index (χ0) is 24.1. The van der Waals surface area contributed by atoms with E-state index in [-0.39, 0.29) is 23.8 Å². The van der Waals surface area contributed by atoms with Crippen molar-refractivity contribution >= 4 is 5.91 Å². The molecule has 1 aromatic carbocycles. The van der Waals surface area contributed by atoms with E-state index in [1.165, 1.54) is 32.4 Å². The third-order valence-electron chi connectivity index (χ3n) is 7.68. The van der Waals surface area contributed by atoms with Crippen LogP contribution in [-0.4, -0.2) is 59.3 Å². The molecule has 1 amide bonds. The molecular weight excluding hydrogens is 428 g/mol. The van der Waals surface area contributed by atoms with Crippen LogP contribution in [-0.2, 0) is 27.5 Å². The lowest BCUT2D eigenvalue weighted by Gasteiger charge is -2.41. The molecule has 0 saturated carbocycles. The number of carbonyl (C=O) groups is 1. The van der Waals surface area contributed by atoms with Gasteiger partial charge in [0.25, 0.3) is 5.91 Å². The fourth-order valence-corrected chi connectivity index (χ4v) is 5.32. The summed E-state index contributed by atoms with van der Waals surface area (Å²) >= 11 is 0. The molecule has 0 radical (unpaired) electrons. The third-order valence-corrected chi connectivity index (χ3v) is 7.68. The molecule has 3 aliphatic rings. The average Bonchev–Trinajstić information content (AvgIpc) is 2.87. The van der Waals surface area contributed by atoms with Gasteiger partial charge in [-0.15, -0.1) is 0 Å². The smallest absolute Gasteiger partial charge is 0.288 e. The van der Waals surface area contributed by atoms with E-state index in [1.54, 1.807) is 0 Å². The average molecular weight is 471 g/mol. The van der Waals surface area contributed by atoms with Crippen LogP contribution in [0.2, 0.25) is 0 Å². The first-order chi connectivity index (χ1) is 16.3. The monoisotopic (exact) mass is 470 g/mol. The summed E-state index contributed by atoms with van der Waals surface area (Å²) in [6.07, 6.45) is 8.38. The van der Waals surface area contributed by atoms with E-state index in [2.05, 4.69) is 25.7 Å². The summed E-state index contributed by atoms with van der Waals surface area (Å²) in [6.45, 7) is 11.1. The first kappa shape index (κ1) is 25.2. The van der Waals surface area contributed by atoms with E-state index in [0.717, 1.165) is 43.5 Å². The minimum atomic E-state index is -0.448. The van der Waals surface area contributed by atoms with Crippen molar-refractivity contribution in [3.8, 4) is 0 Å². The molecule has 1 aromatic rings. The van der Waals surface area contributed by atoms with Crippen molar-refractivity contribution in [1.82, 2.24) is 9.80 Å². The summed E-state index contributed by atoms with van der Waals surface area (Å²) in [5.74, 6) is 0.656. The lowest BCUT2D eigenvalue weighted by molar-refractivity contribution is -0.162. The highest BCUT2D eigenvalue weighted by Gasteiger charge is 2.36. The van der Waals surface area contributed by atoms with Gasteiger partial charge in [-0.25, -0.2) is 0 Å². The molecule has 2 fully saturated rings. The number of aliphatic hydroxyl groups excluding tert-OH is 1. The first-order valence-corrected chi connectivity index (χ1v) is 13.1. The van der Waals surface area contributed by atoms with Crippen LogP contribution in [0.3, 0.4) is 0 Å². The van der Waals surface area contributed by atoms with Gasteiger partial charge in [-0.2, -0.15) is 0 Å². The highest BCUT2D eigenvalue weighted by atomic mass is 16.7. The Hall–Kier alpha value is -1.89. The molecule has 3 heterocycles. The van der Waals surface area contributed by atoms with E-state index in [4.69, 9.17) is 9.47 Å². The Morgan fingerprint density at radius 3 is 2.29 bits per heavy atom. The van der Waals surface area contributed by atoms with Crippen molar-refractivity contribution in [2.75, 3.05) is 26.2 Å². The molecule has 2 saturated heterocycles. The Morgan fingerprint density at radius 2 is 1.68 bits per heavy atom. The second-order valence-electron chi connectivity index (χ2n) is 11.2. The fraction of sp³-hybridized carbons (Fsp3) is 0.679. The predicted molar refractivity (Wildman–Crippen MR) is 133 cm³/mol. The summed E-state index contributed by atoms with van der Waals surface area (Å²) in [5.41, 5.74) is 1.92. The van der Waals surface area contributed by atoms with Gasteiger partial charge in [-0.05, 0) is 67.3 Å². The Morgan fingerprint density at radius 1 is 1.03 bits per heavy atom. The Balaban J connectivity index is 1.36. The van der Waals surface area contributed by atoms with Gasteiger partial charge in [0.2, 0.25) is 6.29 Å². The number of hydrogen-bond donors (Lipinski definition) is 1. The number of aliphatic hydroxyl groups is 1. The maximum Gasteiger partial charge on any atom is 0.288 e. The number of likely N-dealkylation sites (tertiary alicyclic amines) is 2. The predicted octanol–water partition coefficient (Wildman–Crippen LogP) is 4.47. The van der Waals surface area contributed by atoms with Crippen LogP contribution in [0.4, 0.5) is 0 Å². The molecule has 0 aromatic heterocycles. The van der Waals surface area contributed by atoms with Crippen LogP contribution in [0.1, 0.15) is 70.4 Å². The summed E-state index contributed by atoms with van der Waals surface area (Å²) < 4.78 is 12.3. The van der Waals surface area contributed by atoms with E-state index in [0.29, 0.717) is 18.4 Å². The number of nitrogens with zero attached hydrogens (tertiary/aromatic N) is 2. The number of amides is 1. The van der Waals surface area contributed by atoms with Crippen molar-refractivity contribution in [1.29, 1.82) is 0 Å². The maximum atomic E-state index is 13.4. The van der Waals surface area contributed by atoms with E-state index in [9.17, 15) is 9.90 Å². The highest BCUT2D eigenvalue weighted by Crippen LogP contribution is 2.37. The second kappa shape index (κ2) is 11.2.